The molecule has 0 spiro atoms. The van der Waals surface area contributed by atoms with E-state index in [-0.39, 0.29) is 34.9 Å². The normalized spacial score (nSPS) is 22.8. The second-order valence-electron chi connectivity index (χ2n) is 10.3. The second-order valence-corrected chi connectivity index (χ2v) is 10.3. The van der Waals surface area contributed by atoms with Crippen LogP contribution in [0, 0.1) is 17.8 Å². The van der Waals surface area contributed by atoms with Gasteiger partial charge in [-0.3, -0.25) is 4.79 Å². The highest BCUT2D eigenvalue weighted by atomic mass is 19.4. The third-order valence-electron chi connectivity index (χ3n) is 6.03. The molecule has 1 N–H and O–H groups in total. The first kappa shape index (κ1) is 23.3. The van der Waals surface area contributed by atoms with Crippen molar-refractivity contribution in [3.05, 3.63) is 35.8 Å². The molecule has 2 heterocycles. The molecule has 1 aromatic carbocycles. The smallest absolute Gasteiger partial charge is 0.444 e. The zero-order chi connectivity index (χ0) is 24.3. The van der Waals surface area contributed by atoms with Crippen LogP contribution < -0.4 is 5.32 Å². The van der Waals surface area contributed by atoms with Crippen molar-refractivity contribution < 1.29 is 27.5 Å². The van der Waals surface area contributed by atoms with Crippen LogP contribution in [0.2, 0.25) is 0 Å². The van der Waals surface area contributed by atoms with Crippen LogP contribution in [0.3, 0.4) is 0 Å². The predicted octanol–water partition coefficient (Wildman–Crippen LogP) is 4.11. The Hall–Kier alpha value is -2.91. The molecule has 3 atom stereocenters. The number of hydrogen-bond acceptors (Lipinski definition) is 5. The molecular weight excluding hydrogens is 437 g/mol. The molecule has 2 amide bonds. The molecule has 4 rings (SSSR count). The van der Waals surface area contributed by atoms with Crippen LogP contribution >= 0.6 is 0 Å². The van der Waals surface area contributed by atoms with E-state index in [4.69, 9.17) is 4.74 Å². The quantitative estimate of drug-likeness (QED) is 0.739. The lowest BCUT2D eigenvalue weighted by molar-refractivity contribution is -0.144. The highest BCUT2D eigenvalue weighted by Crippen LogP contribution is 2.52. The number of nitrogens with zero attached hydrogens (tertiary/aromatic N) is 3. The van der Waals surface area contributed by atoms with E-state index in [9.17, 15) is 22.8 Å². The fourth-order valence-electron chi connectivity index (χ4n) is 4.52. The molecule has 33 heavy (non-hydrogen) atoms. The number of hydrogen-bond donors (Lipinski definition) is 1. The van der Waals surface area contributed by atoms with Crippen LogP contribution in [0.5, 0.6) is 0 Å². The third kappa shape index (κ3) is 4.60. The minimum absolute atomic E-state index is 0.0150. The Labute approximate surface area is 189 Å². The number of fused-ring (bicyclic) bond motifs is 2. The van der Waals surface area contributed by atoms with E-state index in [0.717, 1.165) is 0 Å². The summed E-state index contributed by atoms with van der Waals surface area (Å²) in [7, 11) is 0. The van der Waals surface area contributed by atoms with E-state index in [1.54, 1.807) is 57.7 Å². The number of alkyl halides is 3. The number of amides is 2. The Balaban J connectivity index is 1.49. The molecule has 1 aliphatic heterocycles. The van der Waals surface area contributed by atoms with Crippen molar-refractivity contribution in [1.29, 1.82) is 0 Å². The number of piperidine rings is 1. The zero-order valence-electron chi connectivity index (χ0n) is 19.2. The van der Waals surface area contributed by atoms with Crippen LogP contribution in [0.25, 0.3) is 10.9 Å². The van der Waals surface area contributed by atoms with E-state index in [1.165, 1.54) is 6.07 Å². The molecule has 1 aliphatic carbocycles. The molecule has 2 aliphatic rings. The molecule has 1 saturated heterocycles. The summed E-state index contributed by atoms with van der Waals surface area (Å²) in [6.45, 7) is 9.48. The molecule has 2 fully saturated rings. The zero-order valence-corrected chi connectivity index (χ0v) is 19.2. The van der Waals surface area contributed by atoms with Crippen molar-refractivity contribution in [1.82, 2.24) is 20.2 Å². The SMILES string of the molecule is CC(C)(C)OC(=O)N1C[C@@H]2C(C(=O)NC(C)(C)c3nc(C(F)(F)F)nc4ccccc34)[C@@H]2C1. The largest absolute Gasteiger partial charge is 0.451 e. The molecule has 178 valence electrons. The number of carbonyl (C=O) groups is 2. The number of likely N-dealkylation sites (tertiary alicyclic amines) is 1. The van der Waals surface area contributed by atoms with Crippen LogP contribution in [-0.2, 0) is 21.2 Å². The predicted molar refractivity (Wildman–Crippen MR) is 114 cm³/mol. The van der Waals surface area contributed by atoms with Gasteiger partial charge in [0.15, 0.2) is 0 Å². The van der Waals surface area contributed by atoms with E-state index in [2.05, 4.69) is 15.3 Å². The van der Waals surface area contributed by atoms with Crippen LogP contribution in [0.4, 0.5) is 18.0 Å². The van der Waals surface area contributed by atoms with E-state index in [0.29, 0.717) is 18.5 Å². The maximum atomic E-state index is 13.4. The van der Waals surface area contributed by atoms with Gasteiger partial charge in [-0.25, -0.2) is 14.8 Å². The minimum Gasteiger partial charge on any atom is -0.444 e. The molecule has 0 bridgehead atoms. The van der Waals surface area contributed by atoms with Crippen molar-refractivity contribution >= 4 is 22.9 Å². The van der Waals surface area contributed by atoms with Gasteiger partial charge in [-0.05, 0) is 52.5 Å². The highest BCUT2D eigenvalue weighted by Gasteiger charge is 2.61. The summed E-state index contributed by atoms with van der Waals surface area (Å²) in [6.07, 6.45) is -5.11. The summed E-state index contributed by atoms with van der Waals surface area (Å²) < 4.78 is 45.6. The molecule has 7 nitrogen and oxygen atoms in total. The summed E-state index contributed by atoms with van der Waals surface area (Å²) in [4.78, 5) is 34.3. The van der Waals surface area contributed by atoms with E-state index in [1.807, 2.05) is 0 Å². The lowest BCUT2D eigenvalue weighted by Crippen LogP contribution is -2.45. The van der Waals surface area contributed by atoms with Crippen LogP contribution in [0.15, 0.2) is 24.3 Å². The average molecular weight is 464 g/mol. The molecule has 1 unspecified atom stereocenters. The Bertz CT molecular complexity index is 1100. The second kappa shape index (κ2) is 7.56. The van der Waals surface area contributed by atoms with Gasteiger partial charge in [0.1, 0.15) is 5.60 Å². The maximum absolute atomic E-state index is 13.4. The van der Waals surface area contributed by atoms with Crippen molar-refractivity contribution in [2.75, 3.05) is 13.1 Å². The Kier molecular flexibility index (Phi) is 5.33. The lowest BCUT2D eigenvalue weighted by atomic mass is 9.95. The van der Waals surface area contributed by atoms with Crippen LogP contribution in [0.1, 0.15) is 46.1 Å². The first-order valence-corrected chi connectivity index (χ1v) is 10.8. The third-order valence-corrected chi connectivity index (χ3v) is 6.03. The van der Waals surface area contributed by atoms with Crippen LogP contribution in [-0.4, -0.2) is 45.6 Å². The van der Waals surface area contributed by atoms with Gasteiger partial charge in [-0.1, -0.05) is 18.2 Å². The van der Waals surface area contributed by atoms with Gasteiger partial charge in [0.2, 0.25) is 11.7 Å². The summed E-state index contributed by atoms with van der Waals surface area (Å²) >= 11 is 0. The topological polar surface area (TPSA) is 84.4 Å². The van der Waals surface area contributed by atoms with Crippen molar-refractivity contribution in [3.8, 4) is 0 Å². The highest BCUT2D eigenvalue weighted by molar-refractivity contribution is 5.86. The average Bonchev–Trinajstić information content (AvgIpc) is 3.19. The Morgan fingerprint density at radius 1 is 1.03 bits per heavy atom. The number of carbonyl (C=O) groups excluding carboxylic acids is 2. The molecule has 10 heteroatoms. The fraction of sp³-hybridized carbons (Fsp3) is 0.565. The number of para-hydroxylation sites is 1. The summed E-state index contributed by atoms with van der Waals surface area (Å²) in [5.74, 6) is -1.76. The van der Waals surface area contributed by atoms with Gasteiger partial charge in [-0.15, -0.1) is 0 Å². The van der Waals surface area contributed by atoms with Gasteiger partial charge in [-0.2, -0.15) is 13.2 Å². The Morgan fingerprint density at radius 2 is 1.64 bits per heavy atom. The van der Waals surface area contributed by atoms with Crippen molar-refractivity contribution in [2.24, 2.45) is 17.8 Å². The van der Waals surface area contributed by atoms with Gasteiger partial charge in [0.25, 0.3) is 0 Å². The maximum Gasteiger partial charge on any atom is 0.451 e. The standard InChI is InChI=1S/C23H27F3N4O3/c1-21(2,3)33-20(32)30-10-13-14(11-30)16(13)18(31)29-22(4,5)17-12-8-6-7-9-15(12)27-19(28-17)23(24,25)26/h6-9,13-14,16H,10-11H2,1-5H3,(H,29,31)/t13-,14+,16?. The number of benzene rings is 1. The number of rotatable bonds is 3. The van der Waals surface area contributed by atoms with Gasteiger partial charge < -0.3 is 15.0 Å². The molecule has 2 aromatic rings. The van der Waals surface area contributed by atoms with Crippen molar-refractivity contribution in [2.45, 2.75) is 51.9 Å². The Morgan fingerprint density at radius 3 is 2.21 bits per heavy atom. The van der Waals surface area contributed by atoms with E-state index >= 15 is 0 Å². The molecule has 1 saturated carbocycles. The van der Waals surface area contributed by atoms with Gasteiger partial charge in [0, 0.05) is 24.4 Å². The summed E-state index contributed by atoms with van der Waals surface area (Å²) in [5.41, 5.74) is -1.50. The fourth-order valence-corrected chi connectivity index (χ4v) is 4.52. The van der Waals surface area contributed by atoms with Gasteiger partial charge >= 0.3 is 12.3 Å². The lowest BCUT2D eigenvalue weighted by Gasteiger charge is -2.29. The van der Waals surface area contributed by atoms with Gasteiger partial charge in [0.05, 0.1) is 16.7 Å². The summed E-state index contributed by atoms with van der Waals surface area (Å²) in [5, 5.41) is 3.33. The number of halogens is 3. The molecule has 0 radical (unpaired) electrons. The molecular formula is C23H27F3N4O3. The minimum atomic E-state index is -4.71. The number of ether oxygens (including phenoxy) is 1. The number of nitrogens with one attached hydrogen (secondary N) is 1. The first-order chi connectivity index (χ1) is 15.2. The number of aromatic nitrogens is 2. The monoisotopic (exact) mass is 464 g/mol. The van der Waals surface area contributed by atoms with Crippen molar-refractivity contribution in [3.63, 3.8) is 0 Å². The first-order valence-electron chi connectivity index (χ1n) is 10.8. The summed E-state index contributed by atoms with van der Waals surface area (Å²) in [6, 6.07) is 6.43. The van der Waals surface area contributed by atoms with E-state index < -0.39 is 29.2 Å². The molecule has 1 aromatic heterocycles.